The Kier molecular flexibility index (Phi) is 4.86. The fourth-order valence-corrected chi connectivity index (χ4v) is 3.28. The molecule has 28 heavy (non-hydrogen) atoms. The van der Waals surface area contributed by atoms with Crippen LogP contribution >= 0.6 is 0 Å². The van der Waals surface area contributed by atoms with Gasteiger partial charge in [-0.2, -0.15) is 0 Å². The molecule has 1 amide bonds. The predicted molar refractivity (Wildman–Crippen MR) is 103 cm³/mol. The van der Waals surface area contributed by atoms with Gasteiger partial charge in [0.1, 0.15) is 11.6 Å². The minimum absolute atomic E-state index is 0.0416. The first-order chi connectivity index (χ1) is 13.6. The maximum atomic E-state index is 13.0. The third-order valence-corrected chi connectivity index (χ3v) is 5.15. The molecule has 6 heteroatoms. The lowest BCUT2D eigenvalue weighted by Crippen LogP contribution is -2.36. The van der Waals surface area contributed by atoms with Crippen LogP contribution in [-0.4, -0.2) is 24.7 Å². The van der Waals surface area contributed by atoms with Gasteiger partial charge in [-0.25, -0.2) is 4.39 Å². The zero-order chi connectivity index (χ0) is 19.6. The Morgan fingerprint density at radius 3 is 2.71 bits per heavy atom. The zero-order valence-electron chi connectivity index (χ0n) is 15.6. The molecule has 0 radical (unpaired) electrons. The number of aromatic nitrogens is 1. The first-order valence-corrected chi connectivity index (χ1v) is 9.25. The summed E-state index contributed by atoms with van der Waals surface area (Å²) < 4.78 is 23.7. The monoisotopic (exact) mass is 380 g/mol. The second kappa shape index (κ2) is 7.46. The van der Waals surface area contributed by atoms with Gasteiger partial charge in [0.15, 0.2) is 5.76 Å². The molecule has 1 heterocycles. The molecular weight excluding hydrogens is 359 g/mol. The molecule has 0 unspecified atom stereocenters. The van der Waals surface area contributed by atoms with E-state index in [2.05, 4.69) is 10.5 Å². The molecule has 0 saturated heterocycles. The van der Waals surface area contributed by atoms with E-state index >= 15 is 0 Å². The van der Waals surface area contributed by atoms with Gasteiger partial charge in [0.05, 0.1) is 18.2 Å². The lowest BCUT2D eigenvalue weighted by Gasteiger charge is -2.12. The molecule has 5 nitrogen and oxygen atoms in total. The number of hydrogen-bond acceptors (Lipinski definition) is 4. The van der Waals surface area contributed by atoms with Crippen molar-refractivity contribution in [3.05, 3.63) is 71.7 Å². The van der Waals surface area contributed by atoms with Crippen LogP contribution in [0.2, 0.25) is 0 Å². The first kappa shape index (κ1) is 18.2. The summed E-state index contributed by atoms with van der Waals surface area (Å²) in [7, 11) is 1.61. The third kappa shape index (κ3) is 3.63. The SMILES string of the molecule is COc1cccc(-c2cc(C3(C(=O)NCCc4ccc(F)cc4)CC3)no2)c1. The highest BCUT2D eigenvalue weighted by Gasteiger charge is 2.53. The number of ether oxygens (including phenoxy) is 1. The molecule has 0 atom stereocenters. The van der Waals surface area contributed by atoms with Crippen molar-refractivity contribution in [3.8, 4) is 17.1 Å². The second-order valence-corrected chi connectivity index (χ2v) is 7.02. The van der Waals surface area contributed by atoms with Crippen molar-refractivity contribution in [1.29, 1.82) is 0 Å². The van der Waals surface area contributed by atoms with Crippen LogP contribution in [0, 0.1) is 5.82 Å². The number of nitrogens with zero attached hydrogens (tertiary/aromatic N) is 1. The second-order valence-electron chi connectivity index (χ2n) is 7.02. The van der Waals surface area contributed by atoms with Crippen LogP contribution in [-0.2, 0) is 16.6 Å². The largest absolute Gasteiger partial charge is 0.497 e. The van der Waals surface area contributed by atoms with Crippen LogP contribution < -0.4 is 10.1 Å². The van der Waals surface area contributed by atoms with E-state index in [9.17, 15) is 9.18 Å². The summed E-state index contributed by atoms with van der Waals surface area (Å²) in [6, 6.07) is 15.7. The van der Waals surface area contributed by atoms with E-state index in [0.717, 1.165) is 29.7 Å². The highest BCUT2D eigenvalue weighted by Crippen LogP contribution is 2.48. The summed E-state index contributed by atoms with van der Waals surface area (Å²) >= 11 is 0. The summed E-state index contributed by atoms with van der Waals surface area (Å²) in [6.45, 7) is 0.493. The molecule has 144 valence electrons. The van der Waals surface area contributed by atoms with Gasteiger partial charge in [-0.05, 0) is 49.1 Å². The van der Waals surface area contributed by atoms with Gasteiger partial charge in [0.2, 0.25) is 5.91 Å². The van der Waals surface area contributed by atoms with Crippen molar-refractivity contribution in [2.24, 2.45) is 0 Å². The number of benzene rings is 2. The number of rotatable bonds is 7. The number of halogens is 1. The average Bonchev–Trinajstić information content (AvgIpc) is 3.39. The van der Waals surface area contributed by atoms with Gasteiger partial charge in [-0.15, -0.1) is 0 Å². The van der Waals surface area contributed by atoms with Gasteiger partial charge in [-0.3, -0.25) is 4.79 Å². The molecule has 2 aromatic carbocycles. The normalized spacial score (nSPS) is 14.5. The van der Waals surface area contributed by atoms with E-state index in [1.807, 2.05) is 30.3 Å². The molecule has 4 rings (SSSR count). The molecule has 1 saturated carbocycles. The number of carbonyl (C=O) groups excluding carboxylic acids is 1. The van der Waals surface area contributed by atoms with Crippen molar-refractivity contribution < 1.29 is 18.4 Å². The Morgan fingerprint density at radius 2 is 2.00 bits per heavy atom. The molecule has 1 aliphatic rings. The van der Waals surface area contributed by atoms with Gasteiger partial charge < -0.3 is 14.6 Å². The first-order valence-electron chi connectivity index (χ1n) is 9.25. The molecule has 0 spiro atoms. The fraction of sp³-hybridized carbons (Fsp3) is 0.273. The van der Waals surface area contributed by atoms with Crippen LogP contribution in [0.3, 0.4) is 0 Å². The van der Waals surface area contributed by atoms with Gasteiger partial charge in [-0.1, -0.05) is 29.4 Å². The molecule has 1 aromatic heterocycles. The van der Waals surface area contributed by atoms with Gasteiger partial charge in [0, 0.05) is 18.2 Å². The predicted octanol–water partition coefficient (Wildman–Crippen LogP) is 3.88. The summed E-state index contributed by atoms with van der Waals surface area (Å²) in [6.07, 6.45) is 2.15. The van der Waals surface area contributed by atoms with Crippen molar-refractivity contribution in [2.75, 3.05) is 13.7 Å². The Morgan fingerprint density at radius 1 is 1.21 bits per heavy atom. The quantitative estimate of drug-likeness (QED) is 0.676. The highest BCUT2D eigenvalue weighted by molar-refractivity contribution is 5.91. The minimum Gasteiger partial charge on any atom is -0.497 e. The van der Waals surface area contributed by atoms with Crippen LogP contribution in [0.1, 0.15) is 24.1 Å². The number of amides is 1. The number of methoxy groups -OCH3 is 1. The van der Waals surface area contributed by atoms with Crippen molar-refractivity contribution in [3.63, 3.8) is 0 Å². The summed E-state index contributed by atoms with van der Waals surface area (Å²) in [5.41, 5.74) is 1.88. The van der Waals surface area contributed by atoms with Gasteiger partial charge >= 0.3 is 0 Å². The maximum Gasteiger partial charge on any atom is 0.232 e. The average molecular weight is 380 g/mol. The molecule has 1 aliphatic carbocycles. The van der Waals surface area contributed by atoms with E-state index in [-0.39, 0.29) is 11.7 Å². The van der Waals surface area contributed by atoms with Crippen LogP contribution in [0.4, 0.5) is 4.39 Å². The molecule has 1 fully saturated rings. The van der Waals surface area contributed by atoms with E-state index in [0.29, 0.717) is 24.4 Å². The van der Waals surface area contributed by atoms with Crippen LogP contribution in [0.25, 0.3) is 11.3 Å². The molecule has 0 aliphatic heterocycles. The van der Waals surface area contributed by atoms with Crippen LogP contribution in [0.15, 0.2) is 59.1 Å². The smallest absolute Gasteiger partial charge is 0.232 e. The van der Waals surface area contributed by atoms with Gasteiger partial charge in [0.25, 0.3) is 0 Å². The number of hydrogen-bond donors (Lipinski definition) is 1. The van der Waals surface area contributed by atoms with Crippen molar-refractivity contribution >= 4 is 5.91 Å². The summed E-state index contributed by atoms with van der Waals surface area (Å²) in [5.74, 6) is 1.04. The zero-order valence-corrected chi connectivity index (χ0v) is 15.6. The van der Waals surface area contributed by atoms with Crippen molar-refractivity contribution in [2.45, 2.75) is 24.7 Å². The standard InChI is InChI=1S/C22H21FN2O3/c1-27-18-4-2-3-16(13-18)19-14-20(25-28-19)22(10-11-22)21(26)24-12-9-15-5-7-17(23)8-6-15/h2-8,13-14H,9-12H2,1H3,(H,24,26). The van der Waals surface area contributed by atoms with Crippen molar-refractivity contribution in [1.82, 2.24) is 10.5 Å². The molecule has 0 bridgehead atoms. The Labute approximate surface area is 162 Å². The minimum atomic E-state index is -0.608. The summed E-state index contributed by atoms with van der Waals surface area (Å²) in [4.78, 5) is 12.7. The highest BCUT2D eigenvalue weighted by atomic mass is 19.1. The van der Waals surface area contributed by atoms with E-state index < -0.39 is 5.41 Å². The fourth-order valence-electron chi connectivity index (χ4n) is 3.28. The molecule has 3 aromatic rings. The number of nitrogens with one attached hydrogen (secondary N) is 1. The molecule has 1 N–H and O–H groups in total. The lowest BCUT2D eigenvalue weighted by molar-refractivity contribution is -0.123. The maximum absolute atomic E-state index is 13.0. The Bertz CT molecular complexity index is 977. The third-order valence-electron chi connectivity index (χ3n) is 5.15. The number of carbonyl (C=O) groups is 1. The lowest BCUT2D eigenvalue weighted by atomic mass is 10.00. The van der Waals surface area contributed by atoms with E-state index in [1.54, 1.807) is 19.2 Å². The van der Waals surface area contributed by atoms with Crippen LogP contribution in [0.5, 0.6) is 5.75 Å². The summed E-state index contributed by atoms with van der Waals surface area (Å²) in [5, 5.41) is 7.14. The van der Waals surface area contributed by atoms with E-state index in [1.165, 1.54) is 12.1 Å². The Hall–Kier alpha value is -3.15. The Balaban J connectivity index is 1.41. The molecular formula is C22H21FN2O3. The van der Waals surface area contributed by atoms with E-state index in [4.69, 9.17) is 9.26 Å². The topological polar surface area (TPSA) is 64.4 Å².